The van der Waals surface area contributed by atoms with Crippen LogP contribution in [0.1, 0.15) is 19.5 Å². The molecule has 2 N–H and O–H groups in total. The Kier molecular flexibility index (Phi) is 2.82. The first kappa shape index (κ1) is 11.3. The lowest BCUT2D eigenvalue weighted by Gasteiger charge is -2.20. The molecule has 16 heavy (non-hydrogen) atoms. The lowest BCUT2D eigenvalue weighted by molar-refractivity contribution is 0.523. The fourth-order valence-corrected chi connectivity index (χ4v) is 1.70. The van der Waals surface area contributed by atoms with Gasteiger partial charge in [-0.1, -0.05) is 0 Å². The van der Waals surface area contributed by atoms with Crippen molar-refractivity contribution in [3.05, 3.63) is 41.0 Å². The van der Waals surface area contributed by atoms with Crippen molar-refractivity contribution in [1.82, 2.24) is 14.5 Å². The van der Waals surface area contributed by atoms with Crippen LogP contribution in [0.4, 0.5) is 0 Å². The summed E-state index contributed by atoms with van der Waals surface area (Å²) in [5.41, 5.74) is 6.56. The predicted molar refractivity (Wildman–Crippen MR) is 66.3 cm³/mol. The Balaban J connectivity index is 2.49. The first-order chi connectivity index (χ1) is 7.48. The molecule has 0 spiro atoms. The van der Waals surface area contributed by atoms with Crippen molar-refractivity contribution in [3.8, 4) is 5.82 Å². The summed E-state index contributed by atoms with van der Waals surface area (Å²) in [7, 11) is 0. The summed E-state index contributed by atoms with van der Waals surface area (Å²) in [6, 6.07) is 3.86. The van der Waals surface area contributed by atoms with Gasteiger partial charge in [0.05, 0.1) is 17.4 Å². The average molecular weight is 281 g/mol. The SMILES string of the molecule is CC(C)(N)c1cncn1-c1ccc(Br)cn1. The normalized spacial score (nSPS) is 11.8. The molecule has 0 aliphatic carbocycles. The number of imidazole rings is 1. The van der Waals surface area contributed by atoms with Gasteiger partial charge in [-0.05, 0) is 41.9 Å². The van der Waals surface area contributed by atoms with E-state index in [-0.39, 0.29) is 0 Å². The summed E-state index contributed by atoms with van der Waals surface area (Å²) in [4.78, 5) is 8.43. The zero-order valence-corrected chi connectivity index (χ0v) is 10.8. The minimum Gasteiger partial charge on any atom is -0.321 e. The maximum absolute atomic E-state index is 6.07. The topological polar surface area (TPSA) is 56.7 Å². The van der Waals surface area contributed by atoms with E-state index in [1.165, 1.54) is 0 Å². The van der Waals surface area contributed by atoms with Crippen LogP contribution >= 0.6 is 15.9 Å². The molecule has 0 unspecified atom stereocenters. The Hall–Kier alpha value is -1.20. The van der Waals surface area contributed by atoms with Gasteiger partial charge in [0.1, 0.15) is 12.1 Å². The van der Waals surface area contributed by atoms with Gasteiger partial charge in [-0.15, -0.1) is 0 Å². The third kappa shape index (κ3) is 2.15. The molecule has 0 atom stereocenters. The van der Waals surface area contributed by atoms with E-state index in [1.807, 2.05) is 30.5 Å². The van der Waals surface area contributed by atoms with Gasteiger partial charge >= 0.3 is 0 Å². The van der Waals surface area contributed by atoms with Crippen molar-refractivity contribution in [2.75, 3.05) is 0 Å². The summed E-state index contributed by atoms with van der Waals surface area (Å²) in [6.45, 7) is 3.89. The zero-order chi connectivity index (χ0) is 11.8. The first-order valence-corrected chi connectivity index (χ1v) is 5.71. The number of aromatic nitrogens is 3. The average Bonchev–Trinajstić information content (AvgIpc) is 2.66. The van der Waals surface area contributed by atoms with Gasteiger partial charge in [-0.3, -0.25) is 4.57 Å². The van der Waals surface area contributed by atoms with Crippen LogP contribution in [0.2, 0.25) is 0 Å². The first-order valence-electron chi connectivity index (χ1n) is 4.92. The Morgan fingerprint density at radius 1 is 1.31 bits per heavy atom. The standard InChI is InChI=1S/C11H13BrN4/c1-11(2,13)9-6-14-7-16(9)10-4-3-8(12)5-15-10/h3-7H,13H2,1-2H3. The van der Waals surface area contributed by atoms with Gasteiger partial charge in [0.15, 0.2) is 0 Å². The minimum absolute atomic E-state index is 0.439. The summed E-state index contributed by atoms with van der Waals surface area (Å²) in [6.07, 6.45) is 5.24. The zero-order valence-electron chi connectivity index (χ0n) is 9.18. The summed E-state index contributed by atoms with van der Waals surface area (Å²) in [5, 5.41) is 0. The van der Waals surface area contributed by atoms with E-state index in [2.05, 4.69) is 25.9 Å². The highest BCUT2D eigenvalue weighted by Gasteiger charge is 2.19. The highest BCUT2D eigenvalue weighted by atomic mass is 79.9. The van der Waals surface area contributed by atoms with Gasteiger partial charge in [-0.25, -0.2) is 9.97 Å². The van der Waals surface area contributed by atoms with Crippen LogP contribution in [0.15, 0.2) is 35.3 Å². The molecule has 2 rings (SSSR count). The highest BCUT2D eigenvalue weighted by molar-refractivity contribution is 9.10. The molecule has 0 saturated carbocycles. The van der Waals surface area contributed by atoms with Crippen LogP contribution in [0, 0.1) is 0 Å². The molecule has 0 aromatic carbocycles. The predicted octanol–water partition coefficient (Wildman–Crippen LogP) is 2.22. The van der Waals surface area contributed by atoms with E-state index in [0.29, 0.717) is 0 Å². The molecule has 0 radical (unpaired) electrons. The number of hydrogen-bond donors (Lipinski definition) is 1. The van der Waals surface area contributed by atoms with Gasteiger partial charge in [-0.2, -0.15) is 0 Å². The lowest BCUT2D eigenvalue weighted by atomic mass is 10.0. The molecule has 0 saturated heterocycles. The molecular formula is C11H13BrN4. The molecule has 2 aromatic heterocycles. The van der Waals surface area contributed by atoms with Crippen LogP contribution in [-0.2, 0) is 5.54 Å². The third-order valence-corrected chi connectivity index (χ3v) is 2.73. The molecule has 0 bridgehead atoms. The minimum atomic E-state index is -0.439. The Bertz CT molecular complexity index is 481. The van der Waals surface area contributed by atoms with E-state index >= 15 is 0 Å². The lowest BCUT2D eigenvalue weighted by Crippen LogP contribution is -2.31. The van der Waals surface area contributed by atoms with Crippen molar-refractivity contribution in [2.24, 2.45) is 5.73 Å². The third-order valence-electron chi connectivity index (χ3n) is 2.26. The molecule has 0 aliphatic rings. The Morgan fingerprint density at radius 3 is 2.62 bits per heavy atom. The molecule has 4 nitrogen and oxygen atoms in total. The maximum atomic E-state index is 6.07. The van der Waals surface area contributed by atoms with Crippen LogP contribution in [0.25, 0.3) is 5.82 Å². The second-order valence-electron chi connectivity index (χ2n) is 4.21. The molecule has 2 aromatic rings. The maximum Gasteiger partial charge on any atom is 0.138 e. The number of nitrogens with zero attached hydrogens (tertiary/aromatic N) is 3. The van der Waals surface area contributed by atoms with E-state index in [4.69, 9.17) is 5.73 Å². The highest BCUT2D eigenvalue weighted by Crippen LogP contribution is 2.20. The van der Waals surface area contributed by atoms with Crippen molar-refractivity contribution in [1.29, 1.82) is 0 Å². The molecule has 5 heteroatoms. The van der Waals surface area contributed by atoms with E-state index in [1.54, 1.807) is 18.7 Å². The van der Waals surface area contributed by atoms with Crippen LogP contribution in [0.5, 0.6) is 0 Å². The summed E-state index contributed by atoms with van der Waals surface area (Å²) in [5.74, 6) is 0.814. The number of hydrogen-bond acceptors (Lipinski definition) is 3. The van der Waals surface area contributed by atoms with Crippen LogP contribution in [0.3, 0.4) is 0 Å². The fourth-order valence-electron chi connectivity index (χ4n) is 1.46. The molecule has 0 amide bonds. The van der Waals surface area contributed by atoms with Gasteiger partial charge in [0.2, 0.25) is 0 Å². The van der Waals surface area contributed by atoms with E-state index < -0.39 is 5.54 Å². The molecular weight excluding hydrogens is 268 g/mol. The second kappa shape index (κ2) is 3.99. The van der Waals surface area contributed by atoms with Crippen molar-refractivity contribution in [3.63, 3.8) is 0 Å². The quantitative estimate of drug-likeness (QED) is 0.918. The van der Waals surface area contributed by atoms with Crippen molar-refractivity contribution >= 4 is 15.9 Å². The van der Waals surface area contributed by atoms with Gasteiger partial charge in [0.25, 0.3) is 0 Å². The molecule has 84 valence electrons. The number of halogens is 1. The number of nitrogens with two attached hydrogens (primary N) is 1. The van der Waals surface area contributed by atoms with Crippen LogP contribution in [-0.4, -0.2) is 14.5 Å². The monoisotopic (exact) mass is 280 g/mol. The summed E-state index contributed by atoms with van der Waals surface area (Å²) < 4.78 is 2.84. The van der Waals surface area contributed by atoms with Gasteiger partial charge in [0, 0.05) is 10.7 Å². The van der Waals surface area contributed by atoms with E-state index in [0.717, 1.165) is 16.0 Å². The molecule has 0 aliphatic heterocycles. The second-order valence-corrected chi connectivity index (χ2v) is 5.12. The summed E-state index contributed by atoms with van der Waals surface area (Å²) >= 11 is 3.35. The molecule has 0 fully saturated rings. The van der Waals surface area contributed by atoms with E-state index in [9.17, 15) is 0 Å². The van der Waals surface area contributed by atoms with Crippen LogP contribution < -0.4 is 5.73 Å². The van der Waals surface area contributed by atoms with Gasteiger partial charge < -0.3 is 5.73 Å². The number of pyridine rings is 1. The Morgan fingerprint density at radius 2 is 2.06 bits per heavy atom. The Labute approximate surface area is 103 Å². The number of rotatable bonds is 2. The van der Waals surface area contributed by atoms with Crippen molar-refractivity contribution in [2.45, 2.75) is 19.4 Å². The fraction of sp³-hybridized carbons (Fsp3) is 0.273. The van der Waals surface area contributed by atoms with Crippen molar-refractivity contribution < 1.29 is 0 Å². The smallest absolute Gasteiger partial charge is 0.138 e. The largest absolute Gasteiger partial charge is 0.321 e. The molecule has 2 heterocycles.